The monoisotopic (exact) mass is 270 g/mol. The van der Waals surface area contributed by atoms with Crippen LogP contribution in [0.2, 0.25) is 0 Å². The summed E-state index contributed by atoms with van der Waals surface area (Å²) in [6.45, 7) is 5.54. The minimum absolute atomic E-state index is 0.138. The summed E-state index contributed by atoms with van der Waals surface area (Å²) in [5.74, 6) is 0. The highest BCUT2D eigenvalue weighted by Gasteiger charge is 2.33. The Morgan fingerprint density at radius 2 is 2.06 bits per heavy atom. The first-order valence-corrected chi connectivity index (χ1v) is 6.78. The van der Waals surface area contributed by atoms with Crippen LogP contribution in [0.1, 0.15) is 52.9 Å². The molecule has 1 aliphatic rings. The van der Waals surface area contributed by atoms with Gasteiger partial charge in [-0.3, -0.25) is 0 Å². The third-order valence-electron chi connectivity index (χ3n) is 3.05. The maximum Gasteiger partial charge on any atom is 0.407 e. The molecule has 4 nitrogen and oxygen atoms in total. The molecular formula is C13H22N2O2S. The number of amides is 1. The number of nitrogens with one attached hydrogen (secondary N) is 1. The zero-order valence-corrected chi connectivity index (χ0v) is 12.2. The van der Waals surface area contributed by atoms with Crippen molar-refractivity contribution >= 4 is 18.7 Å². The van der Waals surface area contributed by atoms with Crippen molar-refractivity contribution in [3.05, 3.63) is 0 Å². The Hall–Kier alpha value is -0.890. The molecule has 0 radical (unpaired) electrons. The summed E-state index contributed by atoms with van der Waals surface area (Å²) in [5.41, 5.74) is -0.465. The summed E-state index contributed by atoms with van der Waals surface area (Å²) in [7, 11) is 0. The summed E-state index contributed by atoms with van der Waals surface area (Å²) in [6, 6.07) is 2.31. The Labute approximate surface area is 114 Å². The second kappa shape index (κ2) is 5.83. The first-order valence-electron chi connectivity index (χ1n) is 6.33. The Kier molecular flexibility index (Phi) is 4.92. The fourth-order valence-corrected chi connectivity index (χ4v) is 2.43. The molecule has 0 spiro atoms. The number of ether oxygens (including phenoxy) is 1. The number of thiol groups is 1. The van der Waals surface area contributed by atoms with E-state index >= 15 is 0 Å². The van der Waals surface area contributed by atoms with E-state index in [1.165, 1.54) is 0 Å². The molecule has 0 aromatic rings. The highest BCUT2D eigenvalue weighted by atomic mass is 32.1. The number of nitrogens with zero attached hydrogens (tertiary/aromatic N) is 1. The molecule has 0 aromatic carbocycles. The summed E-state index contributed by atoms with van der Waals surface area (Å²) >= 11 is 4.56. The number of alkyl carbamates (subject to hydrolysis) is 1. The quantitative estimate of drug-likeness (QED) is 0.758. The molecule has 0 unspecified atom stereocenters. The van der Waals surface area contributed by atoms with E-state index in [-0.39, 0.29) is 16.9 Å². The Balaban J connectivity index is 2.36. The van der Waals surface area contributed by atoms with E-state index in [2.05, 4.69) is 24.0 Å². The Bertz CT molecular complexity index is 336. The first kappa shape index (κ1) is 15.2. The van der Waals surface area contributed by atoms with Gasteiger partial charge in [0.1, 0.15) is 5.60 Å². The number of hydrogen-bond donors (Lipinski definition) is 2. The molecule has 1 amide bonds. The van der Waals surface area contributed by atoms with Crippen molar-refractivity contribution in [2.24, 2.45) is 0 Å². The van der Waals surface area contributed by atoms with Gasteiger partial charge in [0.15, 0.2) is 0 Å². The number of nitriles is 1. The van der Waals surface area contributed by atoms with E-state index in [0.717, 1.165) is 25.7 Å². The van der Waals surface area contributed by atoms with Gasteiger partial charge in [-0.05, 0) is 46.5 Å². The van der Waals surface area contributed by atoms with Gasteiger partial charge in [0.05, 0.1) is 6.07 Å². The van der Waals surface area contributed by atoms with Crippen LogP contribution in [0.4, 0.5) is 4.79 Å². The van der Waals surface area contributed by atoms with Crippen molar-refractivity contribution in [1.29, 1.82) is 5.26 Å². The lowest BCUT2D eigenvalue weighted by molar-refractivity contribution is 0.0490. The summed E-state index contributed by atoms with van der Waals surface area (Å²) < 4.78 is 5.04. The van der Waals surface area contributed by atoms with Crippen molar-refractivity contribution in [1.82, 2.24) is 5.32 Å². The SMILES string of the molecule is CC(C)(C)OC(=O)NC1CCC(S)(CC#N)CC1. The molecule has 1 fully saturated rings. The van der Waals surface area contributed by atoms with Crippen LogP contribution in [-0.2, 0) is 4.74 Å². The number of carbonyl (C=O) groups excluding carboxylic acids is 1. The van der Waals surface area contributed by atoms with Crippen LogP contribution in [-0.4, -0.2) is 22.5 Å². The van der Waals surface area contributed by atoms with Crippen LogP contribution in [0.15, 0.2) is 0 Å². The largest absolute Gasteiger partial charge is 0.444 e. The molecule has 0 atom stereocenters. The zero-order chi connectivity index (χ0) is 13.8. The van der Waals surface area contributed by atoms with Crippen LogP contribution >= 0.6 is 12.6 Å². The standard InChI is InChI=1S/C13H22N2O2S/c1-12(2,3)17-11(16)15-10-4-6-13(18,7-5-10)8-9-14/h10,18H,4-8H2,1-3H3,(H,15,16). The van der Waals surface area contributed by atoms with Crippen LogP contribution in [0.3, 0.4) is 0 Å². The molecule has 1 N–H and O–H groups in total. The van der Waals surface area contributed by atoms with Crippen LogP contribution in [0.25, 0.3) is 0 Å². The van der Waals surface area contributed by atoms with Gasteiger partial charge in [-0.2, -0.15) is 17.9 Å². The molecule has 1 saturated carbocycles. The predicted molar refractivity (Wildman–Crippen MR) is 73.6 cm³/mol. The van der Waals surface area contributed by atoms with E-state index in [1.54, 1.807) is 0 Å². The molecule has 0 aromatic heterocycles. The second-order valence-electron chi connectivity index (χ2n) is 5.98. The molecule has 5 heteroatoms. The predicted octanol–water partition coefficient (Wildman–Crippen LogP) is 3.04. The van der Waals surface area contributed by atoms with Gasteiger partial charge in [0, 0.05) is 17.2 Å². The maximum absolute atomic E-state index is 11.6. The normalized spacial score (nSPS) is 28.3. The summed E-state index contributed by atoms with van der Waals surface area (Å²) in [6.07, 6.45) is 3.51. The number of hydrogen-bond acceptors (Lipinski definition) is 4. The highest BCUT2D eigenvalue weighted by Crippen LogP contribution is 2.36. The average molecular weight is 270 g/mol. The lowest BCUT2D eigenvalue weighted by atomic mass is 9.83. The van der Waals surface area contributed by atoms with Crippen molar-refractivity contribution in [3.63, 3.8) is 0 Å². The van der Waals surface area contributed by atoms with Gasteiger partial charge in [0.2, 0.25) is 0 Å². The molecule has 0 heterocycles. The van der Waals surface area contributed by atoms with Crippen molar-refractivity contribution in [2.45, 2.75) is 69.3 Å². The third-order valence-corrected chi connectivity index (χ3v) is 3.65. The van der Waals surface area contributed by atoms with Crippen molar-refractivity contribution < 1.29 is 9.53 Å². The minimum atomic E-state index is -0.465. The summed E-state index contributed by atoms with van der Waals surface area (Å²) in [4.78, 5) is 11.6. The van der Waals surface area contributed by atoms with Crippen LogP contribution in [0, 0.1) is 11.3 Å². The van der Waals surface area contributed by atoms with E-state index in [4.69, 9.17) is 10.00 Å². The lowest BCUT2D eigenvalue weighted by Crippen LogP contribution is -2.43. The van der Waals surface area contributed by atoms with Crippen LogP contribution in [0.5, 0.6) is 0 Å². The molecule has 102 valence electrons. The first-order chi connectivity index (χ1) is 8.24. The topological polar surface area (TPSA) is 62.1 Å². The van der Waals surface area contributed by atoms with E-state index < -0.39 is 5.60 Å². The molecule has 0 bridgehead atoms. The van der Waals surface area contributed by atoms with Crippen LogP contribution < -0.4 is 5.32 Å². The molecular weight excluding hydrogens is 248 g/mol. The lowest BCUT2D eigenvalue weighted by Gasteiger charge is -2.35. The second-order valence-corrected chi connectivity index (χ2v) is 6.93. The Morgan fingerprint density at radius 1 is 1.50 bits per heavy atom. The third kappa shape index (κ3) is 5.18. The fraction of sp³-hybridized carbons (Fsp3) is 0.846. The van der Waals surface area contributed by atoms with Gasteiger partial charge < -0.3 is 10.1 Å². The number of carbonyl (C=O) groups is 1. The van der Waals surface area contributed by atoms with Gasteiger partial charge >= 0.3 is 6.09 Å². The molecule has 0 aliphatic heterocycles. The van der Waals surface area contributed by atoms with Crippen molar-refractivity contribution in [2.75, 3.05) is 0 Å². The van der Waals surface area contributed by atoms with E-state index in [9.17, 15) is 4.79 Å². The Morgan fingerprint density at radius 3 is 2.50 bits per heavy atom. The zero-order valence-electron chi connectivity index (χ0n) is 11.3. The fourth-order valence-electron chi connectivity index (χ4n) is 2.10. The molecule has 1 rings (SSSR count). The highest BCUT2D eigenvalue weighted by molar-refractivity contribution is 7.81. The maximum atomic E-state index is 11.6. The summed E-state index contributed by atoms with van der Waals surface area (Å²) in [5, 5.41) is 11.6. The van der Waals surface area contributed by atoms with Gasteiger partial charge in [-0.15, -0.1) is 0 Å². The van der Waals surface area contributed by atoms with Gasteiger partial charge in [0.25, 0.3) is 0 Å². The van der Waals surface area contributed by atoms with E-state index in [1.807, 2.05) is 20.8 Å². The van der Waals surface area contributed by atoms with Crippen molar-refractivity contribution in [3.8, 4) is 6.07 Å². The molecule has 1 aliphatic carbocycles. The smallest absolute Gasteiger partial charge is 0.407 e. The van der Waals surface area contributed by atoms with Gasteiger partial charge in [-0.1, -0.05) is 0 Å². The van der Waals surface area contributed by atoms with E-state index in [0.29, 0.717) is 6.42 Å². The van der Waals surface area contributed by atoms with Gasteiger partial charge in [-0.25, -0.2) is 4.79 Å². The number of rotatable bonds is 2. The molecule has 18 heavy (non-hydrogen) atoms. The average Bonchev–Trinajstić information content (AvgIpc) is 2.19. The minimum Gasteiger partial charge on any atom is -0.444 e. The molecule has 0 saturated heterocycles.